The first-order valence-electron chi connectivity index (χ1n) is 8.00. The first kappa shape index (κ1) is 17.9. The number of hydrazone groups is 1. The number of hydrogen-bond acceptors (Lipinski definition) is 5. The van der Waals surface area contributed by atoms with E-state index in [-0.39, 0.29) is 11.3 Å². The number of benzene rings is 3. The van der Waals surface area contributed by atoms with Gasteiger partial charge < -0.3 is 5.11 Å². The second-order valence-corrected chi connectivity index (χ2v) is 5.48. The van der Waals surface area contributed by atoms with Crippen LogP contribution in [0.2, 0.25) is 0 Å². The second-order valence-electron chi connectivity index (χ2n) is 5.48. The van der Waals surface area contributed by atoms with Gasteiger partial charge in [-0.1, -0.05) is 18.2 Å². The number of azo groups is 1. The molecule has 0 unspecified atom stereocenters. The van der Waals surface area contributed by atoms with Gasteiger partial charge in [0.15, 0.2) is 0 Å². The Morgan fingerprint density at radius 2 is 1.63 bits per heavy atom. The van der Waals surface area contributed by atoms with E-state index in [1.54, 1.807) is 12.1 Å². The maximum Gasteiger partial charge on any atom is 0.271 e. The molecule has 6 nitrogen and oxygen atoms in total. The van der Waals surface area contributed by atoms with Crippen molar-refractivity contribution in [1.82, 2.24) is 5.43 Å². The number of halogens is 1. The van der Waals surface area contributed by atoms with Crippen molar-refractivity contribution in [1.29, 1.82) is 0 Å². The fourth-order valence-electron chi connectivity index (χ4n) is 2.14. The van der Waals surface area contributed by atoms with Gasteiger partial charge in [-0.3, -0.25) is 4.79 Å². The lowest BCUT2D eigenvalue weighted by atomic mass is 10.2. The number of nitrogens with zero attached hydrogens (tertiary/aromatic N) is 3. The normalized spacial score (nSPS) is 11.1. The van der Waals surface area contributed by atoms with Gasteiger partial charge >= 0.3 is 0 Å². The Kier molecular flexibility index (Phi) is 5.64. The lowest BCUT2D eigenvalue weighted by Gasteiger charge is -2.01. The summed E-state index contributed by atoms with van der Waals surface area (Å²) in [4.78, 5) is 11.9. The van der Waals surface area contributed by atoms with Crippen LogP contribution in [0.3, 0.4) is 0 Å². The Bertz CT molecular complexity index is 987. The maximum absolute atomic E-state index is 12.9. The van der Waals surface area contributed by atoms with Crippen LogP contribution in [0.5, 0.6) is 5.75 Å². The molecule has 0 spiro atoms. The van der Waals surface area contributed by atoms with E-state index in [2.05, 4.69) is 20.8 Å². The van der Waals surface area contributed by atoms with Crippen LogP contribution in [0.1, 0.15) is 15.9 Å². The Balaban J connectivity index is 1.69. The van der Waals surface area contributed by atoms with E-state index in [1.165, 1.54) is 36.5 Å². The molecule has 0 aliphatic rings. The number of carbonyl (C=O) groups excluding carboxylic acids is 1. The van der Waals surface area contributed by atoms with Crippen LogP contribution in [0.15, 0.2) is 88.1 Å². The van der Waals surface area contributed by atoms with E-state index in [9.17, 15) is 14.3 Å². The van der Waals surface area contributed by atoms with E-state index >= 15 is 0 Å². The summed E-state index contributed by atoms with van der Waals surface area (Å²) >= 11 is 0. The number of hydrogen-bond donors (Lipinski definition) is 2. The van der Waals surface area contributed by atoms with E-state index < -0.39 is 11.7 Å². The molecule has 3 aromatic carbocycles. The molecule has 0 radical (unpaired) electrons. The summed E-state index contributed by atoms with van der Waals surface area (Å²) in [5.74, 6) is -0.944. The summed E-state index contributed by atoms with van der Waals surface area (Å²) in [6.45, 7) is 0. The highest BCUT2D eigenvalue weighted by Crippen LogP contribution is 2.23. The molecular formula is C20H15FN4O2. The van der Waals surface area contributed by atoms with Crippen molar-refractivity contribution in [2.45, 2.75) is 0 Å². The third-order valence-electron chi connectivity index (χ3n) is 3.52. The van der Waals surface area contributed by atoms with Crippen molar-refractivity contribution >= 4 is 23.5 Å². The predicted molar refractivity (Wildman–Crippen MR) is 100 cm³/mol. The number of nitrogens with one attached hydrogen (secondary N) is 1. The van der Waals surface area contributed by atoms with E-state index in [0.717, 1.165) is 0 Å². The highest BCUT2D eigenvalue weighted by atomic mass is 19.1. The summed E-state index contributed by atoms with van der Waals surface area (Å²) in [7, 11) is 0. The van der Waals surface area contributed by atoms with Crippen molar-refractivity contribution in [3.05, 3.63) is 89.7 Å². The van der Waals surface area contributed by atoms with Crippen LogP contribution in [0.25, 0.3) is 0 Å². The number of phenols is 1. The molecule has 0 aliphatic carbocycles. The molecule has 3 aromatic rings. The van der Waals surface area contributed by atoms with Gasteiger partial charge in [0.05, 0.1) is 17.6 Å². The minimum absolute atomic E-state index is 0.0200. The Labute approximate surface area is 154 Å². The minimum Gasteiger partial charge on any atom is -0.507 e. The summed E-state index contributed by atoms with van der Waals surface area (Å²) in [6.07, 6.45) is 1.29. The first-order chi connectivity index (χ1) is 13.1. The zero-order valence-corrected chi connectivity index (χ0v) is 14.1. The van der Waals surface area contributed by atoms with Crippen LogP contribution < -0.4 is 5.43 Å². The molecule has 7 heteroatoms. The first-order valence-corrected chi connectivity index (χ1v) is 8.00. The molecule has 0 saturated carbocycles. The Hall–Kier alpha value is -3.87. The summed E-state index contributed by atoms with van der Waals surface area (Å²) < 4.78 is 12.9. The quantitative estimate of drug-likeness (QED) is 0.391. The van der Waals surface area contributed by atoms with Gasteiger partial charge in [0.25, 0.3) is 5.91 Å². The van der Waals surface area contributed by atoms with Crippen LogP contribution in [0, 0.1) is 5.82 Å². The summed E-state index contributed by atoms with van der Waals surface area (Å²) in [5.41, 5.74) is 4.16. The molecule has 0 saturated heterocycles. The topological polar surface area (TPSA) is 86.4 Å². The summed E-state index contributed by atoms with van der Waals surface area (Å²) in [5, 5.41) is 21.9. The van der Waals surface area contributed by atoms with Crippen molar-refractivity contribution in [3.8, 4) is 5.75 Å². The lowest BCUT2D eigenvalue weighted by molar-refractivity contribution is 0.0955. The Morgan fingerprint density at radius 3 is 2.37 bits per heavy atom. The maximum atomic E-state index is 12.9. The molecule has 27 heavy (non-hydrogen) atoms. The average molecular weight is 362 g/mol. The molecular weight excluding hydrogens is 347 g/mol. The minimum atomic E-state index is -0.495. The molecule has 134 valence electrons. The second kappa shape index (κ2) is 8.48. The lowest BCUT2D eigenvalue weighted by Crippen LogP contribution is -2.17. The van der Waals surface area contributed by atoms with Gasteiger partial charge in [-0.2, -0.15) is 15.3 Å². The molecule has 2 N–H and O–H groups in total. The zero-order valence-electron chi connectivity index (χ0n) is 14.1. The van der Waals surface area contributed by atoms with Crippen LogP contribution >= 0.6 is 0 Å². The van der Waals surface area contributed by atoms with E-state index in [1.807, 2.05) is 30.3 Å². The van der Waals surface area contributed by atoms with Gasteiger partial charge in [0, 0.05) is 11.1 Å². The average Bonchev–Trinajstić information content (AvgIpc) is 2.69. The fourth-order valence-corrected chi connectivity index (χ4v) is 2.14. The van der Waals surface area contributed by atoms with E-state index in [0.29, 0.717) is 16.9 Å². The predicted octanol–water partition coefficient (Wildman–Crippen LogP) is 4.71. The zero-order chi connectivity index (χ0) is 19.1. The van der Waals surface area contributed by atoms with Crippen molar-refractivity contribution < 1.29 is 14.3 Å². The number of carbonyl (C=O) groups is 1. The number of amides is 1. The molecule has 0 heterocycles. The van der Waals surface area contributed by atoms with Crippen molar-refractivity contribution in [2.75, 3.05) is 0 Å². The molecule has 3 rings (SSSR count). The van der Waals surface area contributed by atoms with Gasteiger partial charge in [-0.25, -0.2) is 9.82 Å². The van der Waals surface area contributed by atoms with Gasteiger partial charge in [0.1, 0.15) is 11.6 Å². The molecule has 0 aromatic heterocycles. The molecule has 0 bridgehead atoms. The van der Waals surface area contributed by atoms with Gasteiger partial charge in [-0.05, 0) is 54.6 Å². The highest BCUT2D eigenvalue weighted by Gasteiger charge is 2.04. The monoisotopic (exact) mass is 362 g/mol. The Morgan fingerprint density at radius 1 is 0.926 bits per heavy atom. The standard InChI is InChI=1S/C20H15FN4O2/c21-16-8-6-14(7-9-16)20(27)25-22-13-15-12-18(10-11-19(15)26)24-23-17-4-2-1-3-5-17/h1-13,26H,(H,25,27)/b22-13+,24-23?. The molecule has 0 atom stereocenters. The smallest absolute Gasteiger partial charge is 0.271 e. The van der Waals surface area contributed by atoms with Gasteiger partial charge in [0.2, 0.25) is 0 Å². The number of rotatable bonds is 5. The third kappa shape index (κ3) is 5.05. The molecule has 0 aliphatic heterocycles. The molecule has 0 fully saturated rings. The highest BCUT2D eigenvalue weighted by molar-refractivity contribution is 5.95. The van der Waals surface area contributed by atoms with Crippen LogP contribution in [0.4, 0.5) is 15.8 Å². The number of phenolic OH excluding ortho intramolecular Hbond substituents is 1. The van der Waals surface area contributed by atoms with Gasteiger partial charge in [-0.15, -0.1) is 0 Å². The largest absolute Gasteiger partial charge is 0.507 e. The number of aromatic hydroxyl groups is 1. The van der Waals surface area contributed by atoms with Crippen LogP contribution in [-0.4, -0.2) is 17.2 Å². The molecule has 1 amide bonds. The fraction of sp³-hybridized carbons (Fsp3) is 0. The third-order valence-corrected chi connectivity index (χ3v) is 3.52. The summed E-state index contributed by atoms with van der Waals surface area (Å²) in [6, 6.07) is 18.9. The van der Waals surface area contributed by atoms with Crippen molar-refractivity contribution in [2.24, 2.45) is 15.3 Å². The van der Waals surface area contributed by atoms with Crippen molar-refractivity contribution in [3.63, 3.8) is 0 Å². The SMILES string of the molecule is O=C(N/N=C/c1cc(N=Nc2ccccc2)ccc1O)c1ccc(F)cc1. The van der Waals surface area contributed by atoms with E-state index in [4.69, 9.17) is 0 Å². The van der Waals surface area contributed by atoms with Crippen LogP contribution in [-0.2, 0) is 0 Å².